The first-order chi connectivity index (χ1) is 18.1. The fraction of sp³-hybridized carbons (Fsp3) is 0.138. The lowest BCUT2D eigenvalue weighted by Crippen LogP contribution is -2.08. The smallest absolute Gasteiger partial charge is 0.302 e. The van der Waals surface area contributed by atoms with Crippen LogP contribution in [-0.2, 0) is 11.3 Å². The van der Waals surface area contributed by atoms with Crippen molar-refractivity contribution >= 4 is 33.3 Å². The van der Waals surface area contributed by atoms with Gasteiger partial charge < -0.3 is 23.9 Å². The van der Waals surface area contributed by atoms with Gasteiger partial charge in [0.25, 0.3) is 0 Å². The Morgan fingerprint density at radius 3 is 2.38 bits per heavy atom. The van der Waals surface area contributed by atoms with E-state index in [9.17, 15) is 9.90 Å². The number of amides is 1. The minimum atomic E-state index is -0.566. The molecule has 5 aromatic rings. The fourth-order valence-corrected chi connectivity index (χ4v) is 4.29. The van der Waals surface area contributed by atoms with Crippen molar-refractivity contribution in [2.75, 3.05) is 20.8 Å². The second-order valence-corrected chi connectivity index (χ2v) is 8.32. The Morgan fingerprint density at radius 1 is 0.838 bits per heavy atom. The van der Waals surface area contributed by atoms with E-state index < -0.39 is 5.91 Å². The summed E-state index contributed by atoms with van der Waals surface area (Å²) in [5.41, 5.74) is 1.86. The number of aromatic hydroxyl groups is 1. The highest BCUT2D eigenvalue weighted by Crippen LogP contribution is 2.40. The van der Waals surface area contributed by atoms with Gasteiger partial charge in [0, 0.05) is 10.8 Å². The average Bonchev–Trinajstić information content (AvgIpc) is 3.20. The van der Waals surface area contributed by atoms with Crippen LogP contribution in [0.15, 0.2) is 95.2 Å². The van der Waals surface area contributed by atoms with Crippen LogP contribution in [0.4, 0.5) is 5.69 Å². The van der Waals surface area contributed by atoms with Crippen molar-refractivity contribution in [3.63, 3.8) is 0 Å². The molecule has 1 aromatic heterocycles. The molecule has 37 heavy (non-hydrogen) atoms. The van der Waals surface area contributed by atoms with Gasteiger partial charge in [-0.25, -0.2) is 0 Å². The number of hydrogen-bond donors (Lipinski definition) is 1. The van der Waals surface area contributed by atoms with Crippen molar-refractivity contribution in [1.82, 2.24) is 4.57 Å². The molecule has 0 aliphatic rings. The Balaban J connectivity index is 1.38. The Hall–Kier alpha value is -4.85. The van der Waals surface area contributed by atoms with Crippen LogP contribution in [0.3, 0.4) is 0 Å². The Morgan fingerprint density at radius 2 is 1.57 bits per heavy atom. The van der Waals surface area contributed by atoms with E-state index in [1.807, 2.05) is 78.9 Å². The normalized spacial score (nSPS) is 11.3. The molecule has 8 nitrogen and oxygen atoms in total. The van der Waals surface area contributed by atoms with Crippen molar-refractivity contribution in [2.24, 2.45) is 10.2 Å². The van der Waals surface area contributed by atoms with Crippen LogP contribution in [0.2, 0.25) is 0 Å². The Labute approximate surface area is 213 Å². The van der Waals surface area contributed by atoms with Crippen molar-refractivity contribution in [1.29, 1.82) is 0 Å². The molecular formula is C29H25N3O5. The molecule has 0 spiro atoms. The zero-order chi connectivity index (χ0) is 25.8. The van der Waals surface area contributed by atoms with Crippen LogP contribution in [0.1, 0.15) is 5.56 Å². The molecule has 1 heterocycles. The first-order valence-electron chi connectivity index (χ1n) is 11.6. The maximum Gasteiger partial charge on any atom is 0.302 e. The highest BCUT2D eigenvalue weighted by molar-refractivity contribution is 5.95. The molecule has 186 valence electrons. The quantitative estimate of drug-likeness (QED) is 0.257. The molecule has 0 fully saturated rings. The van der Waals surface area contributed by atoms with Gasteiger partial charge in [0.15, 0.2) is 23.8 Å². The maximum absolute atomic E-state index is 12.5. The summed E-state index contributed by atoms with van der Waals surface area (Å²) >= 11 is 0. The van der Waals surface area contributed by atoms with E-state index in [0.29, 0.717) is 29.2 Å². The number of aromatic nitrogens is 1. The van der Waals surface area contributed by atoms with Crippen LogP contribution in [0.25, 0.3) is 21.7 Å². The number of nitrogens with zero attached hydrogens (tertiary/aromatic N) is 3. The minimum Gasteiger partial charge on any atom is -0.493 e. The number of ether oxygens (including phenoxy) is 3. The highest BCUT2D eigenvalue weighted by Gasteiger charge is 2.18. The van der Waals surface area contributed by atoms with Crippen molar-refractivity contribution in [2.45, 2.75) is 6.54 Å². The molecule has 8 heteroatoms. The number of fused-ring (bicyclic) bond motifs is 2. The number of methoxy groups -OCH3 is 2. The summed E-state index contributed by atoms with van der Waals surface area (Å²) in [7, 11) is 3.15. The molecule has 0 saturated carbocycles. The van der Waals surface area contributed by atoms with Gasteiger partial charge in [-0.2, -0.15) is 0 Å². The molecule has 5 rings (SSSR count). The van der Waals surface area contributed by atoms with Gasteiger partial charge in [0.2, 0.25) is 5.88 Å². The SMILES string of the molecule is COc1ccc(Cn2c(O)c(N=NC(=O)COc3cccc4ccccc34)c3ccccc32)cc1OC. The number of para-hydroxylation sites is 1. The van der Waals surface area contributed by atoms with E-state index in [-0.39, 0.29) is 18.2 Å². The first kappa shape index (κ1) is 23.9. The first-order valence-corrected chi connectivity index (χ1v) is 11.6. The third kappa shape index (κ3) is 4.81. The number of hydrogen-bond acceptors (Lipinski definition) is 6. The predicted molar refractivity (Wildman–Crippen MR) is 141 cm³/mol. The van der Waals surface area contributed by atoms with Gasteiger partial charge >= 0.3 is 5.91 Å². The summed E-state index contributed by atoms with van der Waals surface area (Å²) in [6.07, 6.45) is 0. The summed E-state index contributed by atoms with van der Waals surface area (Å²) in [6.45, 7) is 0.0723. The number of benzene rings is 4. The van der Waals surface area contributed by atoms with E-state index in [2.05, 4.69) is 10.2 Å². The van der Waals surface area contributed by atoms with Gasteiger partial charge in [-0.05, 0) is 35.2 Å². The number of carbonyl (C=O) groups is 1. The Kier molecular flexibility index (Phi) is 6.72. The summed E-state index contributed by atoms with van der Waals surface area (Å²) < 4.78 is 18.1. The molecule has 0 unspecified atom stereocenters. The largest absolute Gasteiger partial charge is 0.493 e. The lowest BCUT2D eigenvalue weighted by Gasteiger charge is -2.11. The molecular weight excluding hydrogens is 470 g/mol. The average molecular weight is 496 g/mol. The second kappa shape index (κ2) is 10.4. The van der Waals surface area contributed by atoms with Gasteiger partial charge in [-0.15, -0.1) is 10.2 Å². The number of rotatable bonds is 8. The standard InChI is InChI=1S/C29H25N3O5/c1-35-25-15-14-19(16-26(25)36-2)17-32-23-12-6-5-11-22(23)28(29(32)34)31-30-27(33)18-37-24-13-7-9-20-8-3-4-10-21(20)24/h3-16,34H,17-18H2,1-2H3. The molecule has 1 amide bonds. The van der Waals surface area contributed by atoms with Gasteiger partial charge in [0.1, 0.15) is 5.75 Å². The van der Waals surface area contributed by atoms with Crippen molar-refractivity contribution in [3.8, 4) is 23.1 Å². The number of azo groups is 1. The zero-order valence-corrected chi connectivity index (χ0v) is 20.4. The predicted octanol–water partition coefficient (Wildman–Crippen LogP) is 6.25. The maximum atomic E-state index is 12.5. The van der Waals surface area contributed by atoms with Crippen LogP contribution < -0.4 is 14.2 Å². The van der Waals surface area contributed by atoms with Crippen LogP contribution >= 0.6 is 0 Å². The van der Waals surface area contributed by atoms with Gasteiger partial charge in [-0.1, -0.05) is 60.7 Å². The van der Waals surface area contributed by atoms with E-state index >= 15 is 0 Å². The summed E-state index contributed by atoms with van der Waals surface area (Å²) in [5.74, 6) is 1.14. The molecule has 1 N–H and O–H groups in total. The molecule has 0 aliphatic carbocycles. The molecule has 0 radical (unpaired) electrons. The highest BCUT2D eigenvalue weighted by atomic mass is 16.5. The molecule has 0 bridgehead atoms. The van der Waals surface area contributed by atoms with E-state index in [1.165, 1.54) is 0 Å². The van der Waals surface area contributed by atoms with Gasteiger partial charge in [0.05, 0.1) is 26.3 Å². The fourth-order valence-electron chi connectivity index (χ4n) is 4.29. The molecule has 0 saturated heterocycles. The molecule has 0 atom stereocenters. The van der Waals surface area contributed by atoms with E-state index in [1.54, 1.807) is 24.9 Å². The van der Waals surface area contributed by atoms with E-state index in [4.69, 9.17) is 14.2 Å². The number of carbonyl (C=O) groups excluding carboxylic acids is 1. The summed E-state index contributed by atoms with van der Waals surface area (Å²) in [4.78, 5) is 12.5. The minimum absolute atomic E-state index is 0.0949. The third-order valence-corrected chi connectivity index (χ3v) is 6.07. The van der Waals surface area contributed by atoms with Crippen LogP contribution in [0, 0.1) is 0 Å². The summed E-state index contributed by atoms with van der Waals surface area (Å²) in [5, 5.41) is 21.6. The molecule has 0 aliphatic heterocycles. The zero-order valence-electron chi connectivity index (χ0n) is 20.4. The van der Waals surface area contributed by atoms with E-state index in [0.717, 1.165) is 21.9 Å². The molecule has 4 aromatic carbocycles. The van der Waals surface area contributed by atoms with Crippen molar-refractivity contribution < 1.29 is 24.1 Å². The Bertz CT molecular complexity index is 1620. The monoisotopic (exact) mass is 495 g/mol. The van der Waals surface area contributed by atoms with Crippen LogP contribution in [0.5, 0.6) is 23.1 Å². The summed E-state index contributed by atoms with van der Waals surface area (Å²) in [6, 6.07) is 26.4. The van der Waals surface area contributed by atoms with Gasteiger partial charge in [-0.3, -0.25) is 4.79 Å². The second-order valence-electron chi connectivity index (χ2n) is 8.32. The lowest BCUT2D eigenvalue weighted by atomic mass is 10.1. The third-order valence-electron chi connectivity index (χ3n) is 6.07. The van der Waals surface area contributed by atoms with Crippen LogP contribution in [-0.4, -0.2) is 36.4 Å². The van der Waals surface area contributed by atoms with Crippen molar-refractivity contribution in [3.05, 3.63) is 90.5 Å². The lowest BCUT2D eigenvalue weighted by molar-refractivity contribution is -0.120. The topological polar surface area (TPSA) is 94.6 Å².